The molecule has 0 saturated carbocycles. The number of hydrogen-bond acceptors (Lipinski definition) is 3. The molecule has 0 bridgehead atoms. The first-order valence-corrected chi connectivity index (χ1v) is 5.41. The molecule has 6 heteroatoms. The maximum atomic E-state index is 11.5. The van der Waals surface area contributed by atoms with Crippen molar-refractivity contribution in [2.75, 3.05) is 12.4 Å². The summed E-state index contributed by atoms with van der Waals surface area (Å²) >= 11 is 5.87. The lowest BCUT2D eigenvalue weighted by atomic mass is 10.2. The number of nitrogens with one attached hydrogen (secondary N) is 2. The SMILES string of the molecule is CNC(=O)c1cc(NC(=O)[C@H](C)N)ccc1Cl. The van der Waals surface area contributed by atoms with Crippen LogP contribution in [0.15, 0.2) is 18.2 Å². The molecule has 92 valence electrons. The Morgan fingerprint density at radius 3 is 2.59 bits per heavy atom. The average Bonchev–Trinajstić information content (AvgIpc) is 2.30. The molecule has 1 atom stereocenters. The molecule has 0 saturated heterocycles. The highest BCUT2D eigenvalue weighted by atomic mass is 35.5. The lowest BCUT2D eigenvalue weighted by Crippen LogP contribution is -2.32. The third kappa shape index (κ3) is 3.44. The van der Waals surface area contributed by atoms with Crippen molar-refractivity contribution in [3.05, 3.63) is 28.8 Å². The number of nitrogens with two attached hydrogens (primary N) is 1. The number of anilines is 1. The number of halogens is 1. The summed E-state index contributed by atoms with van der Waals surface area (Å²) in [6, 6.07) is 4.04. The van der Waals surface area contributed by atoms with Crippen molar-refractivity contribution < 1.29 is 9.59 Å². The lowest BCUT2D eigenvalue weighted by molar-refractivity contribution is -0.117. The molecule has 17 heavy (non-hydrogen) atoms. The minimum absolute atomic E-state index is 0.302. The number of amides is 2. The zero-order chi connectivity index (χ0) is 13.0. The van der Waals surface area contributed by atoms with E-state index in [0.29, 0.717) is 16.3 Å². The van der Waals surface area contributed by atoms with Crippen molar-refractivity contribution in [1.82, 2.24) is 5.32 Å². The molecule has 0 unspecified atom stereocenters. The molecule has 0 aliphatic heterocycles. The van der Waals surface area contributed by atoms with Gasteiger partial charge in [0, 0.05) is 12.7 Å². The van der Waals surface area contributed by atoms with Gasteiger partial charge in [-0.15, -0.1) is 0 Å². The van der Waals surface area contributed by atoms with Gasteiger partial charge in [-0.1, -0.05) is 11.6 Å². The van der Waals surface area contributed by atoms with Crippen LogP contribution in [0.4, 0.5) is 5.69 Å². The standard InChI is InChI=1S/C11H14ClN3O2/c1-6(13)10(16)15-7-3-4-9(12)8(5-7)11(17)14-2/h3-6H,13H2,1-2H3,(H,14,17)(H,15,16)/t6-/m0/s1. The molecule has 0 heterocycles. The Hall–Kier alpha value is -1.59. The maximum Gasteiger partial charge on any atom is 0.252 e. The van der Waals surface area contributed by atoms with Gasteiger partial charge in [0.25, 0.3) is 5.91 Å². The second-order valence-electron chi connectivity index (χ2n) is 3.55. The lowest BCUT2D eigenvalue weighted by Gasteiger charge is -2.10. The first-order chi connectivity index (χ1) is 7.95. The van der Waals surface area contributed by atoms with Crippen LogP contribution in [0.25, 0.3) is 0 Å². The molecular formula is C11H14ClN3O2. The average molecular weight is 256 g/mol. The summed E-state index contributed by atoms with van der Waals surface area (Å²) in [5.41, 5.74) is 6.20. The predicted molar refractivity (Wildman–Crippen MR) is 67.1 cm³/mol. The summed E-state index contributed by atoms with van der Waals surface area (Å²) in [6.45, 7) is 1.57. The van der Waals surface area contributed by atoms with Crippen molar-refractivity contribution in [2.24, 2.45) is 5.73 Å². The monoisotopic (exact) mass is 255 g/mol. The first kappa shape index (κ1) is 13.5. The molecule has 0 radical (unpaired) electrons. The van der Waals surface area contributed by atoms with Crippen LogP contribution in [0.5, 0.6) is 0 Å². The van der Waals surface area contributed by atoms with E-state index in [2.05, 4.69) is 10.6 Å². The van der Waals surface area contributed by atoms with Crippen molar-refractivity contribution in [3.8, 4) is 0 Å². The zero-order valence-corrected chi connectivity index (χ0v) is 10.3. The number of hydrogen-bond donors (Lipinski definition) is 3. The van der Waals surface area contributed by atoms with Gasteiger partial charge in [0.05, 0.1) is 16.6 Å². The summed E-state index contributed by atoms with van der Waals surface area (Å²) in [5.74, 6) is -0.637. The van der Waals surface area contributed by atoms with Crippen molar-refractivity contribution in [2.45, 2.75) is 13.0 Å². The van der Waals surface area contributed by atoms with Gasteiger partial charge in [0.2, 0.25) is 5.91 Å². The summed E-state index contributed by atoms with van der Waals surface area (Å²) in [6.07, 6.45) is 0. The Labute approximate surface area is 104 Å². The van der Waals surface area contributed by atoms with E-state index in [1.165, 1.54) is 13.1 Å². The molecule has 4 N–H and O–H groups in total. The molecule has 1 rings (SSSR count). The van der Waals surface area contributed by atoms with Gasteiger partial charge in [-0.05, 0) is 25.1 Å². The summed E-state index contributed by atoms with van der Waals surface area (Å²) in [4.78, 5) is 22.9. The summed E-state index contributed by atoms with van der Waals surface area (Å²) in [5, 5.41) is 5.37. The quantitative estimate of drug-likeness (QED) is 0.753. The van der Waals surface area contributed by atoms with E-state index in [9.17, 15) is 9.59 Å². The predicted octanol–water partition coefficient (Wildman–Crippen LogP) is 0.985. The zero-order valence-electron chi connectivity index (χ0n) is 9.58. The smallest absolute Gasteiger partial charge is 0.252 e. The largest absolute Gasteiger partial charge is 0.355 e. The Kier molecular flexibility index (Phi) is 4.48. The van der Waals surface area contributed by atoms with Gasteiger partial charge in [-0.3, -0.25) is 9.59 Å². The number of rotatable bonds is 3. The number of carbonyl (C=O) groups excluding carboxylic acids is 2. The third-order valence-corrected chi connectivity index (χ3v) is 2.45. The summed E-state index contributed by atoms with van der Waals surface area (Å²) in [7, 11) is 1.51. The molecule has 2 amide bonds. The van der Waals surface area contributed by atoms with E-state index in [4.69, 9.17) is 17.3 Å². The summed E-state index contributed by atoms with van der Waals surface area (Å²) < 4.78 is 0. The van der Waals surface area contributed by atoms with Crippen molar-refractivity contribution >= 4 is 29.1 Å². The Bertz CT molecular complexity index is 446. The van der Waals surface area contributed by atoms with Crippen molar-refractivity contribution in [3.63, 3.8) is 0 Å². The fraction of sp³-hybridized carbons (Fsp3) is 0.273. The fourth-order valence-corrected chi connectivity index (χ4v) is 1.37. The van der Waals surface area contributed by atoms with Gasteiger partial charge in [0.1, 0.15) is 0 Å². The topological polar surface area (TPSA) is 84.2 Å². The molecule has 0 fully saturated rings. The van der Waals surface area contributed by atoms with Crippen LogP contribution in [0, 0.1) is 0 Å². The van der Waals surface area contributed by atoms with Crippen LogP contribution in [0.1, 0.15) is 17.3 Å². The second kappa shape index (κ2) is 5.65. The Morgan fingerprint density at radius 1 is 1.41 bits per heavy atom. The van der Waals surface area contributed by atoms with E-state index in [-0.39, 0.29) is 11.8 Å². The van der Waals surface area contributed by atoms with Crippen LogP contribution < -0.4 is 16.4 Å². The Morgan fingerprint density at radius 2 is 2.06 bits per heavy atom. The molecule has 0 aromatic heterocycles. The van der Waals surface area contributed by atoms with E-state index >= 15 is 0 Å². The number of carbonyl (C=O) groups is 2. The van der Waals surface area contributed by atoms with Crippen LogP contribution in [0.2, 0.25) is 5.02 Å². The Balaban J connectivity index is 2.97. The fourth-order valence-electron chi connectivity index (χ4n) is 1.17. The van der Waals surface area contributed by atoms with E-state index in [0.717, 1.165) is 0 Å². The minimum atomic E-state index is -0.617. The van der Waals surface area contributed by atoms with Crippen LogP contribution in [-0.4, -0.2) is 24.9 Å². The third-order valence-electron chi connectivity index (χ3n) is 2.12. The molecular weight excluding hydrogens is 242 g/mol. The van der Waals surface area contributed by atoms with Gasteiger partial charge >= 0.3 is 0 Å². The molecule has 5 nitrogen and oxygen atoms in total. The van der Waals surface area contributed by atoms with E-state index in [1.54, 1.807) is 19.1 Å². The maximum absolute atomic E-state index is 11.5. The van der Waals surface area contributed by atoms with Gasteiger partial charge in [0.15, 0.2) is 0 Å². The van der Waals surface area contributed by atoms with Crippen molar-refractivity contribution in [1.29, 1.82) is 0 Å². The minimum Gasteiger partial charge on any atom is -0.355 e. The molecule has 0 spiro atoms. The number of benzene rings is 1. The molecule has 1 aromatic carbocycles. The normalized spacial score (nSPS) is 11.8. The first-order valence-electron chi connectivity index (χ1n) is 5.03. The van der Waals surface area contributed by atoms with E-state index in [1.807, 2.05) is 0 Å². The highest BCUT2D eigenvalue weighted by Crippen LogP contribution is 2.20. The van der Waals surface area contributed by atoms with Gasteiger partial charge < -0.3 is 16.4 Å². The van der Waals surface area contributed by atoms with Crippen LogP contribution >= 0.6 is 11.6 Å². The van der Waals surface area contributed by atoms with Gasteiger partial charge in [-0.25, -0.2) is 0 Å². The highest BCUT2D eigenvalue weighted by molar-refractivity contribution is 6.34. The highest BCUT2D eigenvalue weighted by Gasteiger charge is 2.12. The van der Waals surface area contributed by atoms with Crippen LogP contribution in [-0.2, 0) is 4.79 Å². The molecule has 0 aliphatic carbocycles. The second-order valence-corrected chi connectivity index (χ2v) is 3.96. The molecule has 1 aromatic rings. The van der Waals surface area contributed by atoms with Crippen LogP contribution in [0.3, 0.4) is 0 Å². The van der Waals surface area contributed by atoms with E-state index < -0.39 is 6.04 Å². The molecule has 0 aliphatic rings. The van der Waals surface area contributed by atoms with Gasteiger partial charge in [-0.2, -0.15) is 0 Å².